The summed E-state index contributed by atoms with van der Waals surface area (Å²) in [6.07, 6.45) is 0.747. The highest BCUT2D eigenvalue weighted by molar-refractivity contribution is 7.89. The molecular weight excluding hydrogens is 352 g/mol. The van der Waals surface area contributed by atoms with Gasteiger partial charge in [-0.25, -0.2) is 17.9 Å². The summed E-state index contributed by atoms with van der Waals surface area (Å²) in [5, 5.41) is 3.24. The highest BCUT2D eigenvalue weighted by Crippen LogP contribution is 2.20. The Morgan fingerprint density at radius 1 is 1.42 bits per heavy atom. The van der Waals surface area contributed by atoms with Crippen molar-refractivity contribution in [3.8, 4) is 0 Å². The normalized spacial score (nSPS) is 21.0. The molecule has 0 aliphatic carbocycles. The van der Waals surface area contributed by atoms with Crippen LogP contribution >= 0.6 is 12.4 Å². The molecule has 2 N–H and O–H groups in total. The first-order chi connectivity index (χ1) is 10.8. The first-order valence-corrected chi connectivity index (χ1v) is 9.34. The van der Waals surface area contributed by atoms with E-state index in [1.165, 1.54) is 6.07 Å². The molecule has 1 aliphatic heterocycles. The quantitative estimate of drug-likeness (QED) is 0.766. The van der Waals surface area contributed by atoms with Crippen LogP contribution in [0.3, 0.4) is 0 Å². The number of halogens is 1. The van der Waals surface area contributed by atoms with Crippen LogP contribution in [0.5, 0.6) is 0 Å². The second kappa shape index (κ2) is 8.80. The largest absolute Gasteiger partial charge is 0.462 e. The molecule has 0 amide bonds. The average Bonchev–Trinajstić information content (AvgIpc) is 2.50. The van der Waals surface area contributed by atoms with E-state index < -0.39 is 16.0 Å². The Labute approximate surface area is 149 Å². The summed E-state index contributed by atoms with van der Waals surface area (Å²) in [5.74, 6) is -0.300. The molecule has 2 atom stereocenters. The van der Waals surface area contributed by atoms with Crippen LogP contribution in [0.15, 0.2) is 23.1 Å². The molecule has 0 radical (unpaired) electrons. The highest BCUT2D eigenvalue weighted by atomic mass is 35.5. The molecule has 8 heteroatoms. The number of hydrogen-bond acceptors (Lipinski definition) is 5. The molecule has 2 unspecified atom stereocenters. The molecule has 1 fully saturated rings. The summed E-state index contributed by atoms with van der Waals surface area (Å²) in [6.45, 7) is 7.27. The number of aryl methyl sites for hydroxylation is 1. The molecule has 24 heavy (non-hydrogen) atoms. The van der Waals surface area contributed by atoms with Crippen molar-refractivity contribution in [3.05, 3.63) is 29.3 Å². The first-order valence-electron chi connectivity index (χ1n) is 7.86. The maximum Gasteiger partial charge on any atom is 0.338 e. The SMILES string of the molecule is CCOC(=O)c1ccc(C)c(S(=O)(=O)NC2CCNCC2C)c1.Cl. The Morgan fingerprint density at radius 3 is 2.75 bits per heavy atom. The number of carbonyl (C=O) groups is 1. The van der Waals surface area contributed by atoms with Crippen LogP contribution in [0.2, 0.25) is 0 Å². The molecule has 0 aromatic heterocycles. The minimum absolute atomic E-state index is 0. The number of benzene rings is 1. The Hall–Kier alpha value is -1.15. The van der Waals surface area contributed by atoms with Gasteiger partial charge in [-0.2, -0.15) is 0 Å². The molecule has 0 spiro atoms. The van der Waals surface area contributed by atoms with Gasteiger partial charge < -0.3 is 10.1 Å². The summed E-state index contributed by atoms with van der Waals surface area (Å²) in [5.41, 5.74) is 0.850. The fourth-order valence-electron chi connectivity index (χ4n) is 2.68. The van der Waals surface area contributed by atoms with E-state index in [2.05, 4.69) is 10.0 Å². The molecule has 1 aromatic rings. The van der Waals surface area contributed by atoms with Crippen molar-refractivity contribution in [2.45, 2.75) is 38.1 Å². The van der Waals surface area contributed by atoms with E-state index in [0.717, 1.165) is 19.5 Å². The Balaban J connectivity index is 0.00000288. The third-order valence-electron chi connectivity index (χ3n) is 4.08. The standard InChI is InChI=1S/C16H24N2O4S.ClH/c1-4-22-16(19)13-6-5-11(2)15(9-13)23(20,21)18-14-7-8-17-10-12(14)3;/h5-6,9,12,14,17-18H,4,7-8,10H2,1-3H3;1H. The van der Waals surface area contributed by atoms with E-state index >= 15 is 0 Å². The highest BCUT2D eigenvalue weighted by Gasteiger charge is 2.28. The van der Waals surface area contributed by atoms with E-state index in [1.807, 2.05) is 6.92 Å². The lowest BCUT2D eigenvalue weighted by molar-refractivity contribution is 0.0526. The first kappa shape index (κ1) is 20.9. The van der Waals surface area contributed by atoms with Gasteiger partial charge in [-0.3, -0.25) is 0 Å². The van der Waals surface area contributed by atoms with Crippen molar-refractivity contribution in [2.75, 3.05) is 19.7 Å². The number of sulfonamides is 1. The molecule has 0 saturated carbocycles. The van der Waals surface area contributed by atoms with Crippen LogP contribution in [-0.2, 0) is 14.8 Å². The number of hydrogen-bond donors (Lipinski definition) is 2. The van der Waals surface area contributed by atoms with Gasteiger partial charge in [0.25, 0.3) is 0 Å². The minimum atomic E-state index is -3.68. The van der Waals surface area contributed by atoms with Crippen molar-refractivity contribution >= 4 is 28.4 Å². The van der Waals surface area contributed by atoms with Gasteiger partial charge >= 0.3 is 5.97 Å². The van der Waals surface area contributed by atoms with Gasteiger partial charge in [0.15, 0.2) is 0 Å². The van der Waals surface area contributed by atoms with Gasteiger partial charge in [-0.15, -0.1) is 12.4 Å². The molecule has 2 rings (SSSR count). The third kappa shape index (κ3) is 4.92. The van der Waals surface area contributed by atoms with Gasteiger partial charge in [0.1, 0.15) is 0 Å². The molecular formula is C16H25ClN2O4S. The lowest BCUT2D eigenvalue weighted by Gasteiger charge is -2.30. The zero-order valence-electron chi connectivity index (χ0n) is 14.2. The van der Waals surface area contributed by atoms with E-state index in [1.54, 1.807) is 26.0 Å². The fourth-order valence-corrected chi connectivity index (χ4v) is 4.33. The summed E-state index contributed by atoms with van der Waals surface area (Å²) < 4.78 is 33.2. The van der Waals surface area contributed by atoms with Crippen molar-refractivity contribution in [1.29, 1.82) is 0 Å². The topological polar surface area (TPSA) is 84.5 Å². The van der Waals surface area contributed by atoms with Gasteiger partial charge in [0.2, 0.25) is 10.0 Å². The Bertz CT molecular complexity index is 679. The van der Waals surface area contributed by atoms with E-state index in [-0.39, 0.29) is 41.4 Å². The number of ether oxygens (including phenoxy) is 1. The predicted octanol–water partition coefficient (Wildman–Crippen LogP) is 1.87. The maximum absolute atomic E-state index is 12.7. The maximum atomic E-state index is 12.7. The molecule has 6 nitrogen and oxygen atoms in total. The number of nitrogens with one attached hydrogen (secondary N) is 2. The molecule has 1 saturated heterocycles. The van der Waals surface area contributed by atoms with Crippen LogP contribution in [0, 0.1) is 12.8 Å². The van der Waals surface area contributed by atoms with E-state index in [9.17, 15) is 13.2 Å². The second-order valence-corrected chi connectivity index (χ2v) is 7.58. The fraction of sp³-hybridized carbons (Fsp3) is 0.562. The third-order valence-corrected chi connectivity index (χ3v) is 5.71. The molecule has 1 aromatic carbocycles. The lowest BCUT2D eigenvalue weighted by atomic mass is 9.97. The van der Waals surface area contributed by atoms with Gasteiger partial charge in [0.05, 0.1) is 17.1 Å². The monoisotopic (exact) mass is 376 g/mol. The van der Waals surface area contributed by atoms with Crippen molar-refractivity contribution in [2.24, 2.45) is 5.92 Å². The van der Waals surface area contributed by atoms with E-state index in [0.29, 0.717) is 5.56 Å². The number of piperidine rings is 1. The second-order valence-electron chi connectivity index (χ2n) is 5.90. The number of rotatable bonds is 5. The summed E-state index contributed by atoms with van der Waals surface area (Å²) in [4.78, 5) is 12.0. The zero-order chi connectivity index (χ0) is 17.0. The van der Waals surface area contributed by atoms with Crippen LogP contribution in [0.1, 0.15) is 36.2 Å². The molecule has 136 valence electrons. The summed E-state index contributed by atoms with van der Waals surface area (Å²) >= 11 is 0. The van der Waals surface area contributed by atoms with Crippen molar-refractivity contribution < 1.29 is 17.9 Å². The van der Waals surface area contributed by atoms with E-state index in [4.69, 9.17) is 4.74 Å². The smallest absolute Gasteiger partial charge is 0.338 e. The van der Waals surface area contributed by atoms with Gasteiger partial charge in [0, 0.05) is 6.04 Å². The lowest BCUT2D eigenvalue weighted by Crippen LogP contribution is -2.48. The summed E-state index contributed by atoms with van der Waals surface area (Å²) in [6, 6.07) is 4.50. The minimum Gasteiger partial charge on any atom is -0.462 e. The molecule has 0 bridgehead atoms. The summed E-state index contributed by atoms with van der Waals surface area (Å²) in [7, 11) is -3.68. The average molecular weight is 377 g/mol. The van der Waals surface area contributed by atoms with Crippen LogP contribution in [0.4, 0.5) is 0 Å². The van der Waals surface area contributed by atoms with Gasteiger partial charge in [-0.1, -0.05) is 13.0 Å². The van der Waals surface area contributed by atoms with Crippen molar-refractivity contribution in [1.82, 2.24) is 10.0 Å². The van der Waals surface area contributed by atoms with Crippen molar-refractivity contribution in [3.63, 3.8) is 0 Å². The zero-order valence-corrected chi connectivity index (χ0v) is 15.8. The van der Waals surface area contributed by atoms with Crippen LogP contribution in [-0.4, -0.2) is 40.1 Å². The van der Waals surface area contributed by atoms with Gasteiger partial charge in [-0.05, 0) is 57.0 Å². The predicted molar refractivity (Wildman–Crippen MR) is 95.1 cm³/mol. The van der Waals surface area contributed by atoms with Crippen LogP contribution < -0.4 is 10.0 Å². The number of esters is 1. The Morgan fingerprint density at radius 2 is 2.12 bits per heavy atom. The Kier molecular flexibility index (Phi) is 7.66. The molecule has 1 heterocycles. The van der Waals surface area contributed by atoms with Crippen LogP contribution in [0.25, 0.3) is 0 Å². The number of carbonyl (C=O) groups excluding carboxylic acids is 1. The molecule has 1 aliphatic rings.